The van der Waals surface area contributed by atoms with Crippen LogP contribution in [0.25, 0.3) is 0 Å². The lowest BCUT2D eigenvalue weighted by Gasteiger charge is -2.03. The van der Waals surface area contributed by atoms with E-state index in [2.05, 4.69) is 45.5 Å². The highest BCUT2D eigenvalue weighted by Crippen LogP contribution is 2.18. The molecule has 10 heavy (non-hydrogen) atoms. The maximum Gasteiger partial charge on any atom is 0.00745 e. The fraction of sp³-hybridized carbons (Fsp3) is 0.333. The summed E-state index contributed by atoms with van der Waals surface area (Å²) in [6.45, 7) is 6.30. The molecule has 0 aliphatic heterocycles. The molecule has 0 nitrogen and oxygen atoms in total. The van der Waals surface area contributed by atoms with Crippen LogP contribution in [0, 0.1) is 20.8 Å². The minimum Gasteiger partial charge on any atom is -0.143 e. The first kappa shape index (κ1) is 7.67. The lowest BCUT2D eigenvalue weighted by molar-refractivity contribution is 1.20. The van der Waals surface area contributed by atoms with Crippen LogP contribution < -0.4 is 0 Å². The van der Waals surface area contributed by atoms with Crippen molar-refractivity contribution in [3.8, 4) is 0 Å². The van der Waals surface area contributed by atoms with E-state index in [9.17, 15) is 0 Å². The molecule has 0 aromatic heterocycles. The molecule has 0 atom stereocenters. The monoisotopic (exact) mass is 152 g/mol. The third-order valence-corrected chi connectivity index (χ3v) is 2.25. The molecule has 0 aliphatic rings. The fourth-order valence-corrected chi connectivity index (χ4v) is 1.40. The smallest absolute Gasteiger partial charge is 0.00745 e. The van der Waals surface area contributed by atoms with Gasteiger partial charge < -0.3 is 0 Å². The van der Waals surface area contributed by atoms with Crippen LogP contribution in [0.1, 0.15) is 16.7 Å². The lowest BCUT2D eigenvalue weighted by Crippen LogP contribution is -1.84. The topological polar surface area (TPSA) is 0 Å². The average Bonchev–Trinajstić information content (AvgIpc) is 1.82. The summed E-state index contributed by atoms with van der Waals surface area (Å²) in [5.74, 6) is 0. The Labute approximate surface area is 67.7 Å². The summed E-state index contributed by atoms with van der Waals surface area (Å²) in [4.78, 5) is 1.09. The minimum atomic E-state index is 1.09. The van der Waals surface area contributed by atoms with Crippen LogP contribution in [0.3, 0.4) is 0 Å². The van der Waals surface area contributed by atoms with E-state index in [1.807, 2.05) is 0 Å². The highest BCUT2D eigenvalue weighted by atomic mass is 32.1. The van der Waals surface area contributed by atoms with Gasteiger partial charge in [-0.2, -0.15) is 0 Å². The van der Waals surface area contributed by atoms with Gasteiger partial charge >= 0.3 is 0 Å². The second-order valence-corrected chi connectivity index (χ2v) is 3.21. The molecule has 0 amide bonds. The highest BCUT2D eigenvalue weighted by molar-refractivity contribution is 7.80. The van der Waals surface area contributed by atoms with E-state index in [0.717, 1.165) is 4.90 Å². The van der Waals surface area contributed by atoms with E-state index in [-0.39, 0.29) is 0 Å². The van der Waals surface area contributed by atoms with Gasteiger partial charge in [-0.15, -0.1) is 12.6 Å². The molecule has 1 aromatic rings. The van der Waals surface area contributed by atoms with Gasteiger partial charge in [0, 0.05) is 4.90 Å². The van der Waals surface area contributed by atoms with Crippen LogP contribution in [0.2, 0.25) is 0 Å². The summed E-state index contributed by atoms with van der Waals surface area (Å²) >= 11 is 4.34. The molecular weight excluding hydrogens is 140 g/mol. The average molecular weight is 152 g/mol. The minimum absolute atomic E-state index is 1.09. The number of hydrogen-bond donors (Lipinski definition) is 1. The van der Waals surface area contributed by atoms with Crippen molar-refractivity contribution in [2.24, 2.45) is 0 Å². The van der Waals surface area contributed by atoms with Crippen molar-refractivity contribution in [3.05, 3.63) is 28.8 Å². The summed E-state index contributed by atoms with van der Waals surface area (Å²) in [5, 5.41) is 0. The first-order valence-electron chi connectivity index (χ1n) is 3.38. The molecule has 0 radical (unpaired) electrons. The highest BCUT2D eigenvalue weighted by Gasteiger charge is 1.96. The van der Waals surface area contributed by atoms with Crippen LogP contribution in [0.4, 0.5) is 0 Å². The zero-order valence-corrected chi connectivity index (χ0v) is 7.50. The SMILES string of the molecule is Cc1cc(C)c(C)c(S)c1. The van der Waals surface area contributed by atoms with Crippen molar-refractivity contribution in [1.29, 1.82) is 0 Å². The van der Waals surface area contributed by atoms with Crippen molar-refractivity contribution in [2.75, 3.05) is 0 Å². The zero-order valence-electron chi connectivity index (χ0n) is 6.60. The molecular formula is C9H12S. The lowest BCUT2D eigenvalue weighted by atomic mass is 10.1. The van der Waals surface area contributed by atoms with Gasteiger partial charge in [-0.25, -0.2) is 0 Å². The van der Waals surface area contributed by atoms with Gasteiger partial charge in [-0.3, -0.25) is 0 Å². The molecule has 0 spiro atoms. The molecule has 54 valence electrons. The number of benzene rings is 1. The predicted octanol–water partition coefficient (Wildman–Crippen LogP) is 2.90. The Hall–Kier alpha value is -0.430. The molecule has 0 saturated heterocycles. The van der Waals surface area contributed by atoms with Crippen LogP contribution in [0.15, 0.2) is 17.0 Å². The van der Waals surface area contributed by atoms with Crippen molar-refractivity contribution in [2.45, 2.75) is 25.7 Å². The molecule has 1 rings (SSSR count). The molecule has 0 bridgehead atoms. The first-order chi connectivity index (χ1) is 4.61. The molecule has 0 unspecified atom stereocenters. The van der Waals surface area contributed by atoms with Crippen molar-refractivity contribution in [3.63, 3.8) is 0 Å². The first-order valence-corrected chi connectivity index (χ1v) is 3.83. The Kier molecular flexibility index (Phi) is 2.05. The third-order valence-electron chi connectivity index (χ3n) is 1.78. The Morgan fingerprint density at radius 2 is 1.70 bits per heavy atom. The molecule has 0 aliphatic carbocycles. The summed E-state index contributed by atoms with van der Waals surface area (Å²) in [6, 6.07) is 4.26. The van der Waals surface area contributed by atoms with Crippen LogP contribution >= 0.6 is 12.6 Å². The number of hydrogen-bond acceptors (Lipinski definition) is 1. The van der Waals surface area contributed by atoms with Gasteiger partial charge in [-0.05, 0) is 43.5 Å². The summed E-state index contributed by atoms with van der Waals surface area (Å²) in [7, 11) is 0. The third kappa shape index (κ3) is 1.35. The fourth-order valence-electron chi connectivity index (χ4n) is 1.02. The van der Waals surface area contributed by atoms with Gasteiger partial charge in [0.25, 0.3) is 0 Å². The Morgan fingerprint density at radius 3 is 2.20 bits per heavy atom. The largest absolute Gasteiger partial charge is 0.143 e. The number of thiol groups is 1. The van der Waals surface area contributed by atoms with Crippen molar-refractivity contribution in [1.82, 2.24) is 0 Å². The maximum absolute atomic E-state index is 4.34. The van der Waals surface area contributed by atoms with Gasteiger partial charge in [0.05, 0.1) is 0 Å². The van der Waals surface area contributed by atoms with E-state index in [0.29, 0.717) is 0 Å². The summed E-state index contributed by atoms with van der Waals surface area (Å²) < 4.78 is 0. The summed E-state index contributed by atoms with van der Waals surface area (Å²) in [5.41, 5.74) is 3.90. The number of aryl methyl sites for hydroxylation is 2. The maximum atomic E-state index is 4.34. The van der Waals surface area contributed by atoms with Crippen LogP contribution in [0.5, 0.6) is 0 Å². The van der Waals surface area contributed by atoms with Crippen LogP contribution in [-0.2, 0) is 0 Å². The Morgan fingerprint density at radius 1 is 1.10 bits per heavy atom. The Bertz CT molecular complexity index is 228. The van der Waals surface area contributed by atoms with E-state index >= 15 is 0 Å². The van der Waals surface area contributed by atoms with Gasteiger partial charge in [0.1, 0.15) is 0 Å². The number of rotatable bonds is 0. The van der Waals surface area contributed by atoms with Gasteiger partial charge in [0.15, 0.2) is 0 Å². The zero-order chi connectivity index (χ0) is 7.72. The predicted molar refractivity (Wildman–Crippen MR) is 47.9 cm³/mol. The van der Waals surface area contributed by atoms with Gasteiger partial charge in [0.2, 0.25) is 0 Å². The van der Waals surface area contributed by atoms with Crippen LogP contribution in [-0.4, -0.2) is 0 Å². The molecule has 1 aromatic carbocycles. The van der Waals surface area contributed by atoms with E-state index in [1.165, 1.54) is 16.7 Å². The van der Waals surface area contributed by atoms with Gasteiger partial charge in [-0.1, -0.05) is 6.07 Å². The normalized spacial score (nSPS) is 10.0. The Balaban J connectivity index is 3.31. The van der Waals surface area contributed by atoms with E-state index in [1.54, 1.807) is 0 Å². The molecule has 0 fully saturated rings. The second-order valence-electron chi connectivity index (χ2n) is 2.73. The standard InChI is InChI=1S/C9H12S/c1-6-4-7(2)8(3)9(10)5-6/h4-5,10H,1-3H3. The van der Waals surface area contributed by atoms with E-state index < -0.39 is 0 Å². The molecule has 0 heterocycles. The van der Waals surface area contributed by atoms with Crippen molar-refractivity contribution >= 4 is 12.6 Å². The quantitative estimate of drug-likeness (QED) is 0.543. The molecule has 0 saturated carbocycles. The molecule has 1 heteroatoms. The van der Waals surface area contributed by atoms with Crippen molar-refractivity contribution < 1.29 is 0 Å². The summed E-state index contributed by atoms with van der Waals surface area (Å²) in [6.07, 6.45) is 0. The van der Waals surface area contributed by atoms with E-state index in [4.69, 9.17) is 0 Å². The molecule has 0 N–H and O–H groups in total. The second kappa shape index (κ2) is 2.67.